The van der Waals surface area contributed by atoms with Crippen molar-refractivity contribution in [2.45, 2.75) is 25.7 Å². The Balaban J connectivity index is 1.27. The summed E-state index contributed by atoms with van der Waals surface area (Å²) in [7, 11) is 0. The van der Waals surface area contributed by atoms with E-state index in [1.165, 1.54) is 0 Å². The average Bonchev–Trinajstić information content (AvgIpc) is 2.77. The monoisotopic (exact) mass is 379 g/mol. The molecule has 0 spiro atoms. The van der Waals surface area contributed by atoms with Gasteiger partial charge in [0.2, 0.25) is 5.91 Å². The van der Waals surface area contributed by atoms with E-state index < -0.39 is 0 Å². The van der Waals surface area contributed by atoms with Crippen molar-refractivity contribution in [2.75, 3.05) is 26.3 Å². The number of benzene rings is 2. The topological polar surface area (TPSA) is 55.8 Å². The summed E-state index contributed by atoms with van der Waals surface area (Å²) in [5.41, 5.74) is 1.85. The second-order valence-corrected chi connectivity index (χ2v) is 7.36. The van der Waals surface area contributed by atoms with E-state index in [0.717, 1.165) is 35.5 Å². The van der Waals surface area contributed by atoms with Crippen molar-refractivity contribution < 1.29 is 19.1 Å². The molecule has 5 nitrogen and oxygen atoms in total. The predicted molar refractivity (Wildman–Crippen MR) is 106 cm³/mol. The quantitative estimate of drug-likeness (QED) is 0.746. The summed E-state index contributed by atoms with van der Waals surface area (Å²) in [5.74, 6) is 1.90. The summed E-state index contributed by atoms with van der Waals surface area (Å²) >= 11 is 0. The van der Waals surface area contributed by atoms with Gasteiger partial charge in [0.15, 0.2) is 17.3 Å². The first-order chi connectivity index (χ1) is 13.7. The molecule has 2 aromatic carbocycles. The van der Waals surface area contributed by atoms with Gasteiger partial charge < -0.3 is 14.4 Å². The second kappa shape index (κ2) is 8.46. The largest absolute Gasteiger partial charge is 0.486 e. The molecule has 2 aliphatic rings. The van der Waals surface area contributed by atoms with Gasteiger partial charge in [-0.3, -0.25) is 9.59 Å². The lowest BCUT2D eigenvalue weighted by Gasteiger charge is -2.31. The van der Waals surface area contributed by atoms with Crippen LogP contribution in [0.1, 0.15) is 35.2 Å². The van der Waals surface area contributed by atoms with E-state index >= 15 is 0 Å². The molecule has 1 saturated heterocycles. The summed E-state index contributed by atoms with van der Waals surface area (Å²) in [4.78, 5) is 27.1. The third-order valence-corrected chi connectivity index (χ3v) is 5.51. The molecule has 0 saturated carbocycles. The molecule has 2 aliphatic heterocycles. The number of piperidine rings is 1. The molecule has 0 atom stereocenters. The van der Waals surface area contributed by atoms with Gasteiger partial charge in [0, 0.05) is 31.0 Å². The Morgan fingerprint density at radius 2 is 1.64 bits per heavy atom. The van der Waals surface area contributed by atoms with Crippen molar-refractivity contribution in [1.82, 2.24) is 4.90 Å². The van der Waals surface area contributed by atoms with E-state index in [-0.39, 0.29) is 17.6 Å². The number of fused-ring (bicyclic) bond motifs is 1. The number of rotatable bonds is 5. The lowest BCUT2D eigenvalue weighted by atomic mass is 9.89. The summed E-state index contributed by atoms with van der Waals surface area (Å²) in [5, 5.41) is 0. The Labute approximate surface area is 165 Å². The highest BCUT2D eigenvalue weighted by atomic mass is 16.6. The molecule has 5 heteroatoms. The van der Waals surface area contributed by atoms with E-state index in [1.54, 1.807) is 0 Å². The van der Waals surface area contributed by atoms with Gasteiger partial charge in [-0.05, 0) is 37.0 Å². The zero-order valence-electron chi connectivity index (χ0n) is 15.9. The van der Waals surface area contributed by atoms with Gasteiger partial charge in [0.25, 0.3) is 0 Å². The Hall–Kier alpha value is -2.82. The summed E-state index contributed by atoms with van der Waals surface area (Å²) < 4.78 is 11.1. The maximum atomic E-state index is 12.6. The Morgan fingerprint density at radius 1 is 0.929 bits per heavy atom. The van der Waals surface area contributed by atoms with Crippen molar-refractivity contribution in [3.05, 3.63) is 59.7 Å². The van der Waals surface area contributed by atoms with E-state index in [0.29, 0.717) is 39.1 Å². The molecule has 1 fully saturated rings. The molecule has 4 rings (SSSR count). The lowest BCUT2D eigenvalue weighted by molar-refractivity contribution is -0.132. The van der Waals surface area contributed by atoms with Crippen molar-refractivity contribution in [1.29, 1.82) is 0 Å². The zero-order valence-corrected chi connectivity index (χ0v) is 15.9. The van der Waals surface area contributed by atoms with Gasteiger partial charge in [-0.25, -0.2) is 0 Å². The molecule has 0 aromatic heterocycles. The number of Topliss-reactive ketones (excluding diaryl/α,β-unsaturated/α-hetero) is 1. The van der Waals surface area contributed by atoms with E-state index in [4.69, 9.17) is 9.47 Å². The molecule has 2 heterocycles. The van der Waals surface area contributed by atoms with E-state index in [2.05, 4.69) is 0 Å². The van der Waals surface area contributed by atoms with E-state index in [1.807, 2.05) is 53.4 Å². The molecule has 0 bridgehead atoms. The van der Waals surface area contributed by atoms with Crippen LogP contribution in [0.25, 0.3) is 0 Å². The van der Waals surface area contributed by atoms with Crippen molar-refractivity contribution in [3.8, 4) is 11.5 Å². The average molecular weight is 379 g/mol. The number of carbonyl (C=O) groups is 2. The highest BCUT2D eigenvalue weighted by Gasteiger charge is 2.27. The smallest absolute Gasteiger partial charge is 0.222 e. The number of likely N-dealkylation sites (tertiary alicyclic amines) is 1. The minimum Gasteiger partial charge on any atom is -0.486 e. The van der Waals surface area contributed by atoms with Crippen molar-refractivity contribution in [3.63, 3.8) is 0 Å². The minimum absolute atomic E-state index is 0.0178. The Bertz CT molecular complexity index is 841. The van der Waals surface area contributed by atoms with Gasteiger partial charge in [0.05, 0.1) is 0 Å². The molecule has 0 N–H and O–H groups in total. The van der Waals surface area contributed by atoms with Crippen LogP contribution in [0.2, 0.25) is 0 Å². The molecule has 0 unspecified atom stereocenters. The molecule has 0 radical (unpaired) electrons. The second-order valence-electron chi connectivity index (χ2n) is 7.36. The summed E-state index contributed by atoms with van der Waals surface area (Å²) in [6.07, 6.45) is 2.63. The predicted octanol–water partition coefficient (Wildman–Crippen LogP) is 3.51. The van der Waals surface area contributed by atoms with Gasteiger partial charge >= 0.3 is 0 Å². The van der Waals surface area contributed by atoms with Crippen LogP contribution >= 0.6 is 0 Å². The van der Waals surface area contributed by atoms with Gasteiger partial charge in [0.1, 0.15) is 13.2 Å². The molecule has 0 aliphatic carbocycles. The number of hydrogen-bond acceptors (Lipinski definition) is 4. The van der Waals surface area contributed by atoms with Crippen LogP contribution in [0.5, 0.6) is 11.5 Å². The van der Waals surface area contributed by atoms with Crippen LogP contribution < -0.4 is 9.47 Å². The number of carbonyl (C=O) groups excluding carboxylic acids is 2. The SMILES string of the molecule is O=C(c1ccccc1)C1CCN(C(=O)CCc2ccc3c(c2)OCCO3)CC1. The van der Waals surface area contributed by atoms with Crippen LogP contribution in [0.3, 0.4) is 0 Å². The molecular weight excluding hydrogens is 354 g/mol. The molecule has 2 aromatic rings. The number of nitrogens with zero attached hydrogens (tertiary/aromatic N) is 1. The first-order valence-electron chi connectivity index (χ1n) is 9.96. The standard InChI is InChI=1S/C23H25NO4/c25-22(9-7-17-6-8-20-21(16-17)28-15-14-27-20)24-12-10-19(11-13-24)23(26)18-4-2-1-3-5-18/h1-6,8,16,19H,7,9-15H2. The van der Waals surface area contributed by atoms with Crippen LogP contribution in [-0.4, -0.2) is 42.9 Å². The Morgan fingerprint density at radius 3 is 2.39 bits per heavy atom. The van der Waals surface area contributed by atoms with Gasteiger partial charge in [-0.2, -0.15) is 0 Å². The maximum absolute atomic E-state index is 12.6. The van der Waals surface area contributed by atoms with Crippen LogP contribution in [0.4, 0.5) is 0 Å². The fraction of sp³-hybridized carbons (Fsp3) is 0.391. The normalized spacial score (nSPS) is 16.6. The molecule has 28 heavy (non-hydrogen) atoms. The summed E-state index contributed by atoms with van der Waals surface area (Å²) in [6.45, 7) is 2.45. The number of amides is 1. The number of ketones is 1. The maximum Gasteiger partial charge on any atom is 0.222 e. The highest BCUT2D eigenvalue weighted by Crippen LogP contribution is 2.31. The highest BCUT2D eigenvalue weighted by molar-refractivity contribution is 5.98. The van der Waals surface area contributed by atoms with Gasteiger partial charge in [-0.15, -0.1) is 0 Å². The summed E-state index contributed by atoms with van der Waals surface area (Å²) in [6, 6.07) is 15.3. The van der Waals surface area contributed by atoms with Crippen molar-refractivity contribution in [2.24, 2.45) is 5.92 Å². The van der Waals surface area contributed by atoms with Gasteiger partial charge in [-0.1, -0.05) is 36.4 Å². The fourth-order valence-electron chi connectivity index (χ4n) is 3.88. The molecular formula is C23H25NO4. The number of aryl methyl sites for hydroxylation is 1. The third-order valence-electron chi connectivity index (χ3n) is 5.51. The van der Waals surface area contributed by atoms with E-state index in [9.17, 15) is 9.59 Å². The lowest BCUT2D eigenvalue weighted by Crippen LogP contribution is -2.40. The first-order valence-corrected chi connectivity index (χ1v) is 9.96. The van der Waals surface area contributed by atoms with Crippen molar-refractivity contribution >= 4 is 11.7 Å². The molecule has 146 valence electrons. The Kier molecular flexibility index (Phi) is 5.60. The third kappa shape index (κ3) is 4.19. The molecule has 1 amide bonds. The zero-order chi connectivity index (χ0) is 19.3. The minimum atomic E-state index is 0.0178. The van der Waals surface area contributed by atoms with Crippen LogP contribution in [-0.2, 0) is 11.2 Å². The number of hydrogen-bond donors (Lipinski definition) is 0. The number of ether oxygens (including phenoxy) is 2. The first kappa shape index (κ1) is 18.5. The van der Waals surface area contributed by atoms with Crippen LogP contribution in [0.15, 0.2) is 48.5 Å². The van der Waals surface area contributed by atoms with Crippen LogP contribution in [0, 0.1) is 5.92 Å². The fourth-order valence-corrected chi connectivity index (χ4v) is 3.88.